The molecule has 0 fully saturated rings. The van der Waals surface area contributed by atoms with Gasteiger partial charge in [-0.3, -0.25) is 0 Å². The number of allylic oxidation sites excluding steroid dienone is 8. The van der Waals surface area contributed by atoms with E-state index in [4.69, 9.17) is 4.74 Å². The van der Waals surface area contributed by atoms with Gasteiger partial charge in [-0.1, -0.05) is 53.2 Å². The molecule has 27 heavy (non-hydrogen) atoms. The Kier molecular flexibility index (Phi) is 12.3. The van der Waals surface area contributed by atoms with Gasteiger partial charge in [-0.2, -0.15) is 0 Å². The molecule has 0 aliphatic rings. The predicted octanol–water partition coefficient (Wildman–Crippen LogP) is 3.38. The van der Waals surface area contributed by atoms with E-state index < -0.39 is 18.3 Å². The monoisotopic (exact) mass is 378 g/mol. The molecule has 0 aromatic carbocycles. The van der Waals surface area contributed by atoms with Crippen molar-refractivity contribution in [1.82, 2.24) is 0 Å². The van der Waals surface area contributed by atoms with Gasteiger partial charge in [0.15, 0.2) is 0 Å². The van der Waals surface area contributed by atoms with Crippen LogP contribution in [0, 0.1) is 0 Å². The minimum Gasteiger partial charge on any atom is -0.460 e. The van der Waals surface area contributed by atoms with Crippen LogP contribution >= 0.6 is 0 Å². The number of hydrogen-bond acceptors (Lipinski definition) is 5. The van der Waals surface area contributed by atoms with Gasteiger partial charge in [-0.05, 0) is 41.5 Å². The molecule has 0 saturated heterocycles. The largest absolute Gasteiger partial charge is 0.460 e. The Morgan fingerprint density at radius 3 is 2.11 bits per heavy atom. The fourth-order valence-electron chi connectivity index (χ4n) is 2.20. The molecule has 0 aromatic heterocycles. The van der Waals surface area contributed by atoms with E-state index in [-0.39, 0.29) is 18.5 Å². The van der Waals surface area contributed by atoms with E-state index >= 15 is 0 Å². The quantitative estimate of drug-likeness (QED) is 0.308. The van der Waals surface area contributed by atoms with Crippen molar-refractivity contribution in [3.8, 4) is 0 Å². The van der Waals surface area contributed by atoms with Crippen LogP contribution in [0.4, 0.5) is 0 Å². The number of aliphatic hydroxyl groups excluding tert-OH is 3. The molecule has 5 heteroatoms. The summed E-state index contributed by atoms with van der Waals surface area (Å²) >= 11 is 0. The Labute approximate surface area is 163 Å². The van der Waals surface area contributed by atoms with Gasteiger partial charge in [0.2, 0.25) is 0 Å². The molecule has 0 saturated carbocycles. The highest BCUT2D eigenvalue weighted by molar-refractivity contribution is 5.82. The zero-order valence-electron chi connectivity index (χ0n) is 17.2. The summed E-state index contributed by atoms with van der Waals surface area (Å²) in [6, 6.07) is 0. The Hall–Kier alpha value is -1.95. The molecule has 0 aliphatic carbocycles. The standard InChI is InChI=1S/C22H34O5/c1-15(2)27-22(26)11-10-18(5)12-16(3)8-7-9-17(4)13-20(24)21(25)14-19(6)23/h7-13,15,19-21,23-25H,14H2,1-6H3/t19-,20-,21-/m0/s1. The van der Waals surface area contributed by atoms with Crippen molar-refractivity contribution in [2.45, 2.75) is 72.4 Å². The van der Waals surface area contributed by atoms with Gasteiger partial charge >= 0.3 is 5.97 Å². The summed E-state index contributed by atoms with van der Waals surface area (Å²) in [7, 11) is 0. The van der Waals surface area contributed by atoms with Crippen LogP contribution in [0.5, 0.6) is 0 Å². The summed E-state index contributed by atoms with van der Waals surface area (Å²) in [4.78, 5) is 11.5. The SMILES string of the molecule is CC(=CC=CC(C)=C[C@H](O)[C@@H](O)C[C@H](C)O)C=C(C)C=CC(=O)OC(C)C. The first-order valence-corrected chi connectivity index (χ1v) is 9.15. The van der Waals surface area contributed by atoms with E-state index in [2.05, 4.69) is 0 Å². The van der Waals surface area contributed by atoms with Crippen LogP contribution in [0.2, 0.25) is 0 Å². The van der Waals surface area contributed by atoms with Crippen molar-refractivity contribution in [2.24, 2.45) is 0 Å². The third kappa shape index (κ3) is 13.9. The smallest absolute Gasteiger partial charge is 0.331 e. The number of aliphatic hydroxyl groups is 3. The highest BCUT2D eigenvalue weighted by Gasteiger charge is 2.15. The van der Waals surface area contributed by atoms with Crippen molar-refractivity contribution >= 4 is 5.97 Å². The topological polar surface area (TPSA) is 87.0 Å². The van der Waals surface area contributed by atoms with E-state index in [1.165, 1.54) is 6.08 Å². The van der Waals surface area contributed by atoms with Crippen LogP contribution < -0.4 is 0 Å². The minimum absolute atomic E-state index is 0.121. The van der Waals surface area contributed by atoms with E-state index in [1.54, 1.807) is 32.9 Å². The van der Waals surface area contributed by atoms with Gasteiger partial charge in [0.05, 0.1) is 24.4 Å². The molecule has 0 rings (SSSR count). The molecule has 0 bridgehead atoms. The van der Waals surface area contributed by atoms with Crippen molar-refractivity contribution in [2.75, 3.05) is 0 Å². The Bertz CT molecular complexity index is 606. The van der Waals surface area contributed by atoms with Gasteiger partial charge in [0.1, 0.15) is 0 Å². The van der Waals surface area contributed by atoms with Gasteiger partial charge < -0.3 is 20.1 Å². The van der Waals surface area contributed by atoms with E-state index in [0.29, 0.717) is 0 Å². The van der Waals surface area contributed by atoms with Crippen LogP contribution in [-0.4, -0.2) is 45.7 Å². The molecule has 3 atom stereocenters. The third-order valence-corrected chi connectivity index (χ3v) is 3.42. The summed E-state index contributed by atoms with van der Waals surface area (Å²) in [5.74, 6) is -0.364. The first-order chi connectivity index (χ1) is 12.5. The molecule has 3 N–H and O–H groups in total. The molecule has 0 spiro atoms. The van der Waals surface area contributed by atoms with Gasteiger partial charge in [0, 0.05) is 12.5 Å². The molecular formula is C22H34O5. The second kappa shape index (κ2) is 13.3. The second-order valence-corrected chi connectivity index (χ2v) is 7.03. The van der Waals surface area contributed by atoms with Gasteiger partial charge in [0.25, 0.3) is 0 Å². The van der Waals surface area contributed by atoms with Crippen LogP contribution in [0.15, 0.2) is 59.3 Å². The lowest BCUT2D eigenvalue weighted by Crippen LogP contribution is -2.27. The molecule has 0 radical (unpaired) electrons. The summed E-state index contributed by atoms with van der Waals surface area (Å²) < 4.78 is 5.03. The lowest BCUT2D eigenvalue weighted by atomic mass is 10.0. The number of rotatable bonds is 10. The maximum Gasteiger partial charge on any atom is 0.331 e. The van der Waals surface area contributed by atoms with Crippen molar-refractivity contribution < 1.29 is 24.9 Å². The second-order valence-electron chi connectivity index (χ2n) is 7.03. The fraction of sp³-hybridized carbons (Fsp3) is 0.500. The third-order valence-electron chi connectivity index (χ3n) is 3.42. The van der Waals surface area contributed by atoms with Crippen molar-refractivity contribution in [3.05, 3.63) is 59.3 Å². The van der Waals surface area contributed by atoms with Crippen LogP contribution in [0.25, 0.3) is 0 Å². The first-order valence-electron chi connectivity index (χ1n) is 9.15. The Morgan fingerprint density at radius 1 is 0.926 bits per heavy atom. The van der Waals surface area contributed by atoms with E-state index in [9.17, 15) is 20.1 Å². The lowest BCUT2D eigenvalue weighted by Gasteiger charge is -2.16. The van der Waals surface area contributed by atoms with Crippen molar-refractivity contribution in [1.29, 1.82) is 0 Å². The summed E-state index contributed by atoms with van der Waals surface area (Å²) in [5.41, 5.74) is 2.71. The van der Waals surface area contributed by atoms with Crippen molar-refractivity contribution in [3.63, 3.8) is 0 Å². The van der Waals surface area contributed by atoms with Crippen LogP contribution in [0.1, 0.15) is 48.0 Å². The lowest BCUT2D eigenvalue weighted by molar-refractivity contribution is -0.141. The highest BCUT2D eigenvalue weighted by Crippen LogP contribution is 2.09. The average Bonchev–Trinajstić information content (AvgIpc) is 2.51. The highest BCUT2D eigenvalue weighted by atomic mass is 16.5. The van der Waals surface area contributed by atoms with Gasteiger partial charge in [-0.15, -0.1) is 0 Å². The maximum absolute atomic E-state index is 11.5. The summed E-state index contributed by atoms with van der Waals surface area (Å²) in [5, 5.41) is 28.9. The normalized spacial score (nSPS) is 17.6. The molecule has 152 valence electrons. The number of ether oxygens (including phenoxy) is 1. The average molecular weight is 379 g/mol. The fourth-order valence-corrected chi connectivity index (χ4v) is 2.20. The van der Waals surface area contributed by atoms with Crippen LogP contribution in [-0.2, 0) is 9.53 Å². The van der Waals surface area contributed by atoms with Gasteiger partial charge in [-0.25, -0.2) is 4.79 Å². The molecule has 0 unspecified atom stereocenters. The Balaban J connectivity index is 4.75. The molecule has 5 nitrogen and oxygen atoms in total. The first kappa shape index (κ1) is 25.1. The Morgan fingerprint density at radius 2 is 1.56 bits per heavy atom. The van der Waals surface area contributed by atoms with E-state index in [0.717, 1.165) is 16.7 Å². The van der Waals surface area contributed by atoms with E-state index in [1.807, 2.05) is 45.1 Å². The summed E-state index contributed by atoms with van der Waals surface area (Å²) in [6.45, 7) is 10.8. The summed E-state index contributed by atoms with van der Waals surface area (Å²) in [6.07, 6.45) is 9.46. The number of carbonyl (C=O) groups is 1. The molecular weight excluding hydrogens is 344 g/mol. The maximum atomic E-state index is 11.5. The number of carbonyl (C=O) groups excluding carboxylic acids is 1. The number of esters is 1. The van der Waals surface area contributed by atoms with Crippen LogP contribution in [0.3, 0.4) is 0 Å². The molecule has 0 heterocycles. The minimum atomic E-state index is -1.02. The molecule has 0 aliphatic heterocycles. The predicted molar refractivity (Wildman–Crippen MR) is 109 cm³/mol. The number of hydrogen-bond donors (Lipinski definition) is 3. The zero-order chi connectivity index (χ0) is 21.0. The molecule has 0 amide bonds. The zero-order valence-corrected chi connectivity index (χ0v) is 17.2. The molecule has 0 aromatic rings.